The summed E-state index contributed by atoms with van der Waals surface area (Å²) in [6.07, 6.45) is 6.03. The van der Waals surface area contributed by atoms with Gasteiger partial charge in [0, 0.05) is 30.8 Å². The van der Waals surface area contributed by atoms with E-state index in [1.807, 2.05) is 19.2 Å². The third-order valence-electron chi connectivity index (χ3n) is 4.80. The summed E-state index contributed by atoms with van der Waals surface area (Å²) in [5.74, 6) is 0.305. The molecule has 24 heavy (non-hydrogen) atoms. The van der Waals surface area contributed by atoms with Crippen LogP contribution >= 0.6 is 0 Å². The van der Waals surface area contributed by atoms with Gasteiger partial charge in [-0.25, -0.2) is 0 Å². The highest BCUT2D eigenvalue weighted by atomic mass is 16.1. The van der Waals surface area contributed by atoms with Crippen molar-refractivity contribution in [2.24, 2.45) is 24.6 Å². The van der Waals surface area contributed by atoms with E-state index in [0.717, 1.165) is 41.9 Å². The molecule has 6 heteroatoms. The maximum atomic E-state index is 12.8. The van der Waals surface area contributed by atoms with Gasteiger partial charge >= 0.3 is 0 Å². The molecule has 3 rings (SSSR count). The molecule has 3 N–H and O–H groups in total. The first-order chi connectivity index (χ1) is 11.5. The standard InChI is InChI=1S/C18H25N5O/c1-11(2)13-5-4-6-14(19)15-9-12(7-8-20-15)17-16(22-18(13)24)10-21-23(17)3/h7-11,13-14H,4-6,19H2,1-3H3,(H,22,24). The lowest BCUT2D eigenvalue weighted by Gasteiger charge is -2.22. The summed E-state index contributed by atoms with van der Waals surface area (Å²) < 4.78 is 1.77. The van der Waals surface area contributed by atoms with Gasteiger partial charge in [-0.15, -0.1) is 0 Å². The molecular weight excluding hydrogens is 302 g/mol. The van der Waals surface area contributed by atoms with Crippen molar-refractivity contribution in [3.63, 3.8) is 0 Å². The molecule has 1 aliphatic rings. The Balaban J connectivity index is 2.08. The van der Waals surface area contributed by atoms with Crippen molar-refractivity contribution in [1.29, 1.82) is 0 Å². The van der Waals surface area contributed by atoms with Crippen molar-refractivity contribution in [1.82, 2.24) is 14.8 Å². The number of fused-ring (bicyclic) bond motifs is 4. The van der Waals surface area contributed by atoms with Crippen LogP contribution in [0.3, 0.4) is 0 Å². The summed E-state index contributed by atoms with van der Waals surface area (Å²) in [7, 11) is 1.87. The summed E-state index contributed by atoms with van der Waals surface area (Å²) in [4.78, 5) is 17.2. The zero-order valence-corrected chi connectivity index (χ0v) is 14.5. The van der Waals surface area contributed by atoms with Gasteiger partial charge in [-0.2, -0.15) is 5.10 Å². The minimum atomic E-state index is -0.114. The number of hydrogen-bond acceptors (Lipinski definition) is 4. The number of rotatable bonds is 1. The van der Waals surface area contributed by atoms with E-state index in [-0.39, 0.29) is 23.8 Å². The van der Waals surface area contributed by atoms with Gasteiger partial charge < -0.3 is 11.1 Å². The Morgan fingerprint density at radius 2 is 2.17 bits per heavy atom. The minimum absolute atomic E-state index is 0.0315. The second-order valence-corrected chi connectivity index (χ2v) is 6.88. The van der Waals surface area contributed by atoms with E-state index in [2.05, 4.69) is 29.2 Å². The second-order valence-electron chi connectivity index (χ2n) is 6.88. The van der Waals surface area contributed by atoms with E-state index >= 15 is 0 Å². The number of amides is 1. The Kier molecular flexibility index (Phi) is 4.66. The van der Waals surface area contributed by atoms with Crippen LogP contribution in [0.15, 0.2) is 24.5 Å². The average Bonchev–Trinajstić information content (AvgIpc) is 2.90. The van der Waals surface area contributed by atoms with E-state index in [1.54, 1.807) is 17.1 Å². The number of aryl methyl sites for hydroxylation is 1. The van der Waals surface area contributed by atoms with E-state index in [0.29, 0.717) is 0 Å². The third-order valence-corrected chi connectivity index (χ3v) is 4.80. The van der Waals surface area contributed by atoms with Gasteiger partial charge in [-0.1, -0.05) is 20.3 Å². The molecule has 2 aromatic heterocycles. The van der Waals surface area contributed by atoms with Gasteiger partial charge in [-0.05, 0) is 30.9 Å². The van der Waals surface area contributed by atoms with Crippen LogP contribution in [0.25, 0.3) is 11.3 Å². The molecule has 6 nitrogen and oxygen atoms in total. The number of nitrogens with two attached hydrogens (primary N) is 1. The molecule has 128 valence electrons. The first-order valence-electron chi connectivity index (χ1n) is 8.52. The Bertz CT molecular complexity index is 737. The van der Waals surface area contributed by atoms with Crippen LogP contribution in [0.2, 0.25) is 0 Å². The molecule has 2 atom stereocenters. The van der Waals surface area contributed by atoms with Crippen molar-refractivity contribution in [2.75, 3.05) is 5.32 Å². The number of anilines is 1. The number of nitrogens with zero attached hydrogens (tertiary/aromatic N) is 3. The fourth-order valence-electron chi connectivity index (χ4n) is 3.37. The molecule has 1 aliphatic heterocycles. The summed E-state index contributed by atoms with van der Waals surface area (Å²) in [5, 5.41) is 7.39. The van der Waals surface area contributed by atoms with Crippen molar-refractivity contribution < 1.29 is 4.79 Å². The summed E-state index contributed by atoms with van der Waals surface area (Å²) in [5.41, 5.74) is 9.78. The number of pyridine rings is 1. The minimum Gasteiger partial charge on any atom is -0.323 e. The number of carbonyl (C=O) groups is 1. The van der Waals surface area contributed by atoms with Crippen LogP contribution in [-0.4, -0.2) is 20.7 Å². The Hall–Kier alpha value is -2.21. The molecule has 0 saturated heterocycles. The maximum absolute atomic E-state index is 12.8. The lowest BCUT2D eigenvalue weighted by atomic mass is 9.88. The zero-order chi connectivity index (χ0) is 17.3. The smallest absolute Gasteiger partial charge is 0.227 e. The van der Waals surface area contributed by atoms with E-state index in [9.17, 15) is 4.79 Å². The normalized spacial score (nSPS) is 21.6. The Morgan fingerprint density at radius 1 is 1.38 bits per heavy atom. The van der Waals surface area contributed by atoms with Crippen LogP contribution in [0.4, 0.5) is 5.69 Å². The first kappa shape index (κ1) is 16.6. The highest BCUT2D eigenvalue weighted by molar-refractivity contribution is 5.96. The fourth-order valence-corrected chi connectivity index (χ4v) is 3.37. The number of hydrogen-bond donors (Lipinski definition) is 2. The molecule has 2 unspecified atom stereocenters. The topological polar surface area (TPSA) is 85.8 Å². The van der Waals surface area contributed by atoms with E-state index in [4.69, 9.17) is 5.73 Å². The van der Waals surface area contributed by atoms with Crippen molar-refractivity contribution in [3.05, 3.63) is 30.2 Å². The molecule has 0 saturated carbocycles. The van der Waals surface area contributed by atoms with Gasteiger partial charge in [0.05, 0.1) is 23.3 Å². The number of aromatic nitrogens is 3. The predicted molar refractivity (Wildman–Crippen MR) is 94.2 cm³/mol. The quantitative estimate of drug-likeness (QED) is 0.843. The van der Waals surface area contributed by atoms with Gasteiger partial charge in [0.15, 0.2) is 0 Å². The lowest BCUT2D eigenvalue weighted by molar-refractivity contribution is -0.121. The van der Waals surface area contributed by atoms with Crippen LogP contribution in [0.1, 0.15) is 44.8 Å². The van der Waals surface area contributed by atoms with Gasteiger partial charge in [0.25, 0.3) is 0 Å². The Morgan fingerprint density at radius 3 is 2.92 bits per heavy atom. The molecular formula is C18H25N5O. The molecule has 0 aromatic carbocycles. The predicted octanol–water partition coefficient (Wildman–Crippen LogP) is 2.88. The van der Waals surface area contributed by atoms with Crippen molar-refractivity contribution in [3.8, 4) is 11.3 Å². The number of nitrogens with one attached hydrogen (secondary N) is 1. The SMILES string of the molecule is CC(C)C1CCCC(N)c2cc(ccn2)-c2c(cnn2C)NC1=O. The molecule has 3 heterocycles. The van der Waals surface area contributed by atoms with Crippen LogP contribution < -0.4 is 11.1 Å². The molecule has 2 bridgehead atoms. The van der Waals surface area contributed by atoms with Crippen LogP contribution in [0.5, 0.6) is 0 Å². The molecule has 0 aliphatic carbocycles. The summed E-state index contributed by atoms with van der Waals surface area (Å²) in [6.45, 7) is 4.18. The van der Waals surface area contributed by atoms with Crippen molar-refractivity contribution >= 4 is 11.6 Å². The largest absolute Gasteiger partial charge is 0.323 e. The monoisotopic (exact) mass is 327 g/mol. The van der Waals surface area contributed by atoms with E-state index in [1.165, 1.54) is 0 Å². The summed E-state index contributed by atoms with van der Waals surface area (Å²) in [6, 6.07) is 3.81. The van der Waals surface area contributed by atoms with Crippen LogP contribution in [0, 0.1) is 11.8 Å². The van der Waals surface area contributed by atoms with Crippen LogP contribution in [-0.2, 0) is 11.8 Å². The maximum Gasteiger partial charge on any atom is 0.227 e. The molecule has 0 fully saturated rings. The van der Waals surface area contributed by atoms with Gasteiger partial charge in [-0.3, -0.25) is 14.5 Å². The molecule has 0 spiro atoms. The molecule has 0 radical (unpaired) electrons. The summed E-state index contributed by atoms with van der Waals surface area (Å²) >= 11 is 0. The second kappa shape index (κ2) is 6.73. The van der Waals surface area contributed by atoms with E-state index < -0.39 is 0 Å². The van der Waals surface area contributed by atoms with Gasteiger partial charge in [0.2, 0.25) is 5.91 Å². The first-order valence-corrected chi connectivity index (χ1v) is 8.52. The molecule has 1 amide bonds. The number of carbonyl (C=O) groups excluding carboxylic acids is 1. The molecule has 2 aromatic rings. The third kappa shape index (κ3) is 3.19. The van der Waals surface area contributed by atoms with Crippen molar-refractivity contribution in [2.45, 2.75) is 39.2 Å². The highest BCUT2D eigenvalue weighted by Gasteiger charge is 2.25. The fraction of sp³-hybridized carbons (Fsp3) is 0.500. The highest BCUT2D eigenvalue weighted by Crippen LogP contribution is 2.31. The average molecular weight is 327 g/mol. The Labute approximate surface area is 142 Å². The lowest BCUT2D eigenvalue weighted by Crippen LogP contribution is -2.27. The van der Waals surface area contributed by atoms with Gasteiger partial charge in [0.1, 0.15) is 0 Å². The zero-order valence-electron chi connectivity index (χ0n) is 14.5.